The number of anilines is 3. The summed E-state index contributed by atoms with van der Waals surface area (Å²) in [6.07, 6.45) is 2.81. The molecule has 2 heterocycles. The summed E-state index contributed by atoms with van der Waals surface area (Å²) >= 11 is 0. The summed E-state index contributed by atoms with van der Waals surface area (Å²) in [5.74, 6) is -0.128. The van der Waals surface area contributed by atoms with E-state index in [1.165, 1.54) is 0 Å². The van der Waals surface area contributed by atoms with Gasteiger partial charge in [0.15, 0.2) is 0 Å². The van der Waals surface area contributed by atoms with Crippen molar-refractivity contribution in [2.45, 2.75) is 13.3 Å². The number of nitrogens with zero attached hydrogens (tertiary/aromatic N) is 3. The van der Waals surface area contributed by atoms with Gasteiger partial charge in [0.05, 0.1) is 11.3 Å². The molecule has 0 atom stereocenters. The first-order valence-electron chi connectivity index (χ1n) is 11.2. The van der Waals surface area contributed by atoms with Crippen molar-refractivity contribution in [1.29, 1.82) is 0 Å². The first kappa shape index (κ1) is 25.2. The second kappa shape index (κ2) is 11.6. The third-order valence-electron chi connectivity index (χ3n) is 5.79. The van der Waals surface area contributed by atoms with Gasteiger partial charge in [-0.3, -0.25) is 9.59 Å². The van der Waals surface area contributed by atoms with Gasteiger partial charge in [0, 0.05) is 37.1 Å². The van der Waals surface area contributed by atoms with Crippen LogP contribution in [0.4, 0.5) is 17.2 Å². The molecule has 3 aromatic rings. The molecule has 0 unspecified atom stereocenters. The smallest absolute Gasteiger partial charge is 0.258 e. The highest BCUT2D eigenvalue weighted by Crippen LogP contribution is 2.20. The molecule has 7 nitrogen and oxygen atoms in total. The number of aryl methyl sites for hydroxylation is 1. The standard InChI is InChI=1S/C26H29N5O2.ClH/c1-19-8-13-24(27-18-19)29-26(33)22-6-3-4-7-23(22)28-25(32)20-9-11-21(12-10-20)31-15-5-14-30(2)16-17-31;/h3-4,6-13,18H,5,14-17H2,1-2H3,(H,28,32)(H,27,29,33);1H. The lowest BCUT2D eigenvalue weighted by Gasteiger charge is -2.23. The average Bonchev–Trinajstić information content (AvgIpc) is 3.05. The van der Waals surface area contributed by atoms with Crippen molar-refractivity contribution in [3.63, 3.8) is 0 Å². The maximum atomic E-state index is 12.9. The monoisotopic (exact) mass is 479 g/mol. The Labute approximate surface area is 206 Å². The van der Waals surface area contributed by atoms with Crippen LogP contribution in [0.5, 0.6) is 0 Å². The average molecular weight is 480 g/mol. The largest absolute Gasteiger partial charge is 0.370 e. The Bertz CT molecular complexity index is 1120. The molecule has 0 spiro atoms. The van der Waals surface area contributed by atoms with Crippen LogP contribution in [-0.4, -0.2) is 54.9 Å². The third kappa shape index (κ3) is 6.34. The molecule has 2 N–H and O–H groups in total. The zero-order valence-electron chi connectivity index (χ0n) is 19.5. The predicted octanol–water partition coefficient (Wildman–Crippen LogP) is 4.46. The van der Waals surface area contributed by atoms with Crippen molar-refractivity contribution < 1.29 is 9.59 Å². The number of hydrogen-bond donors (Lipinski definition) is 2. The minimum absolute atomic E-state index is 0. The van der Waals surface area contributed by atoms with Gasteiger partial charge < -0.3 is 20.4 Å². The number of para-hydroxylation sites is 1. The first-order valence-corrected chi connectivity index (χ1v) is 11.2. The molecule has 1 aromatic heterocycles. The Kier molecular flexibility index (Phi) is 8.62. The van der Waals surface area contributed by atoms with E-state index in [4.69, 9.17) is 0 Å². The van der Waals surface area contributed by atoms with Gasteiger partial charge in [0.1, 0.15) is 5.82 Å². The number of amides is 2. The second-order valence-electron chi connectivity index (χ2n) is 8.37. The van der Waals surface area contributed by atoms with E-state index in [1.54, 1.807) is 36.5 Å². The Balaban J connectivity index is 0.00000324. The molecular weight excluding hydrogens is 450 g/mol. The maximum Gasteiger partial charge on any atom is 0.258 e. The summed E-state index contributed by atoms with van der Waals surface area (Å²) < 4.78 is 0. The number of carbonyl (C=O) groups is 2. The molecule has 4 rings (SSSR count). The number of aromatic nitrogens is 1. The number of benzene rings is 2. The van der Waals surface area contributed by atoms with Crippen LogP contribution in [0.3, 0.4) is 0 Å². The molecule has 1 aliphatic heterocycles. The molecule has 0 saturated carbocycles. The van der Waals surface area contributed by atoms with Gasteiger partial charge >= 0.3 is 0 Å². The highest BCUT2D eigenvalue weighted by Gasteiger charge is 2.16. The van der Waals surface area contributed by atoms with Crippen LogP contribution in [0.25, 0.3) is 0 Å². The van der Waals surface area contributed by atoms with E-state index >= 15 is 0 Å². The molecule has 8 heteroatoms. The fourth-order valence-electron chi connectivity index (χ4n) is 3.84. The lowest BCUT2D eigenvalue weighted by atomic mass is 10.1. The Morgan fingerprint density at radius 3 is 2.35 bits per heavy atom. The van der Waals surface area contributed by atoms with E-state index in [-0.39, 0.29) is 24.2 Å². The van der Waals surface area contributed by atoms with E-state index in [9.17, 15) is 9.59 Å². The number of halogens is 1. The van der Waals surface area contributed by atoms with Crippen molar-refractivity contribution in [2.24, 2.45) is 0 Å². The lowest BCUT2D eigenvalue weighted by Crippen LogP contribution is -2.28. The van der Waals surface area contributed by atoms with Crippen LogP contribution >= 0.6 is 12.4 Å². The summed E-state index contributed by atoms with van der Waals surface area (Å²) in [7, 11) is 2.15. The Morgan fingerprint density at radius 1 is 0.853 bits per heavy atom. The van der Waals surface area contributed by atoms with E-state index in [1.807, 2.05) is 37.3 Å². The van der Waals surface area contributed by atoms with E-state index in [2.05, 4.69) is 32.5 Å². The van der Waals surface area contributed by atoms with Gasteiger partial charge in [-0.05, 0) is 75.0 Å². The molecule has 1 fully saturated rings. The highest BCUT2D eigenvalue weighted by atomic mass is 35.5. The van der Waals surface area contributed by atoms with Gasteiger partial charge in [-0.1, -0.05) is 18.2 Å². The molecule has 1 saturated heterocycles. The number of pyridine rings is 1. The molecule has 0 bridgehead atoms. The lowest BCUT2D eigenvalue weighted by molar-refractivity contribution is 0.102. The Morgan fingerprint density at radius 2 is 1.62 bits per heavy atom. The van der Waals surface area contributed by atoms with Crippen molar-refractivity contribution in [3.8, 4) is 0 Å². The van der Waals surface area contributed by atoms with Gasteiger partial charge in [0.2, 0.25) is 0 Å². The summed E-state index contributed by atoms with van der Waals surface area (Å²) in [5.41, 5.74) is 3.49. The number of carbonyl (C=O) groups excluding carboxylic acids is 2. The number of likely N-dealkylation sites (N-methyl/N-ethyl adjacent to an activating group) is 1. The number of rotatable bonds is 5. The quantitative estimate of drug-likeness (QED) is 0.565. The van der Waals surface area contributed by atoms with Crippen molar-refractivity contribution >= 4 is 41.4 Å². The molecule has 2 aromatic carbocycles. The molecule has 1 aliphatic rings. The topological polar surface area (TPSA) is 77.6 Å². The van der Waals surface area contributed by atoms with Gasteiger partial charge in [-0.25, -0.2) is 4.98 Å². The second-order valence-corrected chi connectivity index (χ2v) is 8.37. The van der Waals surface area contributed by atoms with Crippen LogP contribution in [0.15, 0.2) is 66.9 Å². The van der Waals surface area contributed by atoms with E-state index < -0.39 is 0 Å². The van der Waals surface area contributed by atoms with E-state index in [0.29, 0.717) is 22.6 Å². The van der Waals surface area contributed by atoms with Crippen molar-refractivity contribution in [3.05, 3.63) is 83.6 Å². The molecule has 34 heavy (non-hydrogen) atoms. The maximum absolute atomic E-state index is 12.9. The third-order valence-corrected chi connectivity index (χ3v) is 5.79. The summed E-state index contributed by atoms with van der Waals surface area (Å²) in [5, 5.41) is 5.66. The normalized spacial score (nSPS) is 14.0. The minimum atomic E-state index is -0.330. The fourth-order valence-corrected chi connectivity index (χ4v) is 3.84. The Hall–Kier alpha value is -3.42. The number of hydrogen-bond acceptors (Lipinski definition) is 5. The van der Waals surface area contributed by atoms with Crippen LogP contribution in [0, 0.1) is 6.92 Å². The zero-order valence-corrected chi connectivity index (χ0v) is 20.3. The van der Waals surface area contributed by atoms with Crippen LogP contribution in [-0.2, 0) is 0 Å². The molecule has 2 amide bonds. The van der Waals surface area contributed by atoms with Gasteiger partial charge in [-0.15, -0.1) is 12.4 Å². The van der Waals surface area contributed by atoms with Gasteiger partial charge in [-0.2, -0.15) is 0 Å². The molecule has 178 valence electrons. The van der Waals surface area contributed by atoms with Crippen molar-refractivity contribution in [2.75, 3.05) is 48.8 Å². The molecular formula is C26H30ClN5O2. The van der Waals surface area contributed by atoms with Crippen LogP contribution < -0.4 is 15.5 Å². The summed E-state index contributed by atoms with van der Waals surface area (Å²) in [4.78, 5) is 34.6. The minimum Gasteiger partial charge on any atom is -0.370 e. The SMILES string of the molecule is Cc1ccc(NC(=O)c2ccccc2NC(=O)c2ccc(N3CCCN(C)CC3)cc2)nc1.Cl. The summed E-state index contributed by atoms with van der Waals surface area (Å²) in [6.45, 7) is 6.04. The molecule has 0 aliphatic carbocycles. The molecule has 0 radical (unpaired) electrons. The van der Waals surface area contributed by atoms with Crippen LogP contribution in [0.1, 0.15) is 32.7 Å². The first-order chi connectivity index (χ1) is 16.0. The fraction of sp³-hybridized carbons (Fsp3) is 0.269. The number of nitrogens with one attached hydrogen (secondary N) is 2. The van der Waals surface area contributed by atoms with E-state index in [0.717, 1.165) is 43.9 Å². The highest BCUT2D eigenvalue weighted by molar-refractivity contribution is 6.12. The van der Waals surface area contributed by atoms with Crippen molar-refractivity contribution in [1.82, 2.24) is 9.88 Å². The van der Waals surface area contributed by atoms with Crippen LogP contribution in [0.2, 0.25) is 0 Å². The van der Waals surface area contributed by atoms with Gasteiger partial charge in [0.25, 0.3) is 11.8 Å². The summed E-state index contributed by atoms with van der Waals surface area (Å²) in [6, 6.07) is 18.2. The zero-order chi connectivity index (χ0) is 23.2. The predicted molar refractivity (Wildman–Crippen MR) is 139 cm³/mol.